The Balaban J connectivity index is 2.15. The maximum absolute atomic E-state index is 9.97. The van der Waals surface area contributed by atoms with Crippen molar-refractivity contribution < 1.29 is 5.11 Å². The third-order valence-corrected chi connectivity index (χ3v) is 3.37. The molecule has 17 heavy (non-hydrogen) atoms. The van der Waals surface area contributed by atoms with Crippen LogP contribution in [0.4, 0.5) is 0 Å². The standard InChI is InChI=1S/C14H16N2O/c1-9-7-10(5-6-15-9)11-8-16-12-3-2-4-13(17)14(11)12/h2-5,8-9,15-17H,6-7H2,1H3. The number of aromatic amines is 1. The van der Waals surface area contributed by atoms with Crippen LogP contribution in [-0.2, 0) is 0 Å². The Labute approximate surface area is 100 Å². The average molecular weight is 228 g/mol. The highest BCUT2D eigenvalue weighted by atomic mass is 16.3. The van der Waals surface area contributed by atoms with Gasteiger partial charge in [-0.05, 0) is 31.1 Å². The normalized spacial score (nSPS) is 20.5. The molecule has 0 amide bonds. The summed E-state index contributed by atoms with van der Waals surface area (Å²) in [6, 6.07) is 6.08. The monoisotopic (exact) mass is 228 g/mol. The number of benzene rings is 1. The zero-order chi connectivity index (χ0) is 11.8. The van der Waals surface area contributed by atoms with Gasteiger partial charge in [0, 0.05) is 35.2 Å². The first-order chi connectivity index (χ1) is 8.25. The Morgan fingerprint density at radius 2 is 2.24 bits per heavy atom. The van der Waals surface area contributed by atoms with Crippen molar-refractivity contribution in [3.05, 3.63) is 36.0 Å². The van der Waals surface area contributed by atoms with Gasteiger partial charge in [0.2, 0.25) is 0 Å². The van der Waals surface area contributed by atoms with Gasteiger partial charge < -0.3 is 15.4 Å². The van der Waals surface area contributed by atoms with E-state index in [-0.39, 0.29) is 0 Å². The fourth-order valence-electron chi connectivity index (χ4n) is 2.51. The van der Waals surface area contributed by atoms with Crippen molar-refractivity contribution in [1.29, 1.82) is 0 Å². The van der Waals surface area contributed by atoms with Crippen molar-refractivity contribution in [2.45, 2.75) is 19.4 Å². The molecule has 1 aromatic carbocycles. The molecule has 3 N–H and O–H groups in total. The quantitative estimate of drug-likeness (QED) is 0.702. The Morgan fingerprint density at radius 1 is 1.35 bits per heavy atom. The topological polar surface area (TPSA) is 48.0 Å². The van der Waals surface area contributed by atoms with E-state index < -0.39 is 0 Å². The van der Waals surface area contributed by atoms with Crippen molar-refractivity contribution in [2.24, 2.45) is 0 Å². The smallest absolute Gasteiger partial charge is 0.125 e. The lowest BCUT2D eigenvalue weighted by atomic mass is 9.95. The second-order valence-electron chi connectivity index (χ2n) is 4.64. The molecule has 0 aliphatic carbocycles. The van der Waals surface area contributed by atoms with Crippen molar-refractivity contribution >= 4 is 16.5 Å². The molecule has 0 spiro atoms. The number of nitrogens with one attached hydrogen (secondary N) is 2. The largest absolute Gasteiger partial charge is 0.507 e. The van der Waals surface area contributed by atoms with Crippen LogP contribution in [0.5, 0.6) is 5.75 Å². The number of H-pyrrole nitrogens is 1. The van der Waals surface area contributed by atoms with Crippen LogP contribution >= 0.6 is 0 Å². The third-order valence-electron chi connectivity index (χ3n) is 3.37. The molecule has 2 aromatic rings. The number of aromatic hydroxyl groups is 1. The molecule has 3 rings (SSSR count). The first-order valence-electron chi connectivity index (χ1n) is 5.97. The molecule has 1 aliphatic heterocycles. The van der Waals surface area contributed by atoms with E-state index in [1.54, 1.807) is 6.07 Å². The molecule has 1 unspecified atom stereocenters. The number of fused-ring (bicyclic) bond motifs is 1. The summed E-state index contributed by atoms with van der Waals surface area (Å²) in [5.74, 6) is 0.353. The van der Waals surface area contributed by atoms with Crippen LogP contribution in [0.15, 0.2) is 30.5 Å². The van der Waals surface area contributed by atoms with Crippen molar-refractivity contribution in [1.82, 2.24) is 10.3 Å². The minimum atomic E-state index is 0.353. The second-order valence-corrected chi connectivity index (χ2v) is 4.64. The highest BCUT2D eigenvalue weighted by Gasteiger charge is 2.16. The van der Waals surface area contributed by atoms with Crippen LogP contribution in [0.25, 0.3) is 16.5 Å². The van der Waals surface area contributed by atoms with Crippen molar-refractivity contribution in [3.8, 4) is 5.75 Å². The summed E-state index contributed by atoms with van der Waals surface area (Å²) in [5.41, 5.74) is 3.43. The van der Waals surface area contributed by atoms with Crippen LogP contribution in [-0.4, -0.2) is 22.7 Å². The Morgan fingerprint density at radius 3 is 3.06 bits per heavy atom. The molecule has 0 fully saturated rings. The molecule has 1 aromatic heterocycles. The fraction of sp³-hybridized carbons (Fsp3) is 0.286. The summed E-state index contributed by atoms with van der Waals surface area (Å²) in [6.07, 6.45) is 5.20. The SMILES string of the molecule is CC1CC(c2c[nH]c3cccc(O)c23)=CCN1. The van der Waals surface area contributed by atoms with E-state index >= 15 is 0 Å². The Kier molecular flexibility index (Phi) is 2.41. The van der Waals surface area contributed by atoms with Crippen LogP contribution in [0.1, 0.15) is 18.9 Å². The van der Waals surface area contributed by atoms with Gasteiger partial charge in [0.15, 0.2) is 0 Å². The molecule has 0 radical (unpaired) electrons. The number of hydrogen-bond donors (Lipinski definition) is 3. The zero-order valence-corrected chi connectivity index (χ0v) is 9.83. The summed E-state index contributed by atoms with van der Waals surface area (Å²) in [6.45, 7) is 3.08. The molecule has 1 aliphatic rings. The molecule has 2 heterocycles. The minimum absolute atomic E-state index is 0.353. The van der Waals surface area contributed by atoms with Gasteiger partial charge in [-0.25, -0.2) is 0 Å². The van der Waals surface area contributed by atoms with E-state index in [9.17, 15) is 5.11 Å². The molecule has 3 nitrogen and oxygen atoms in total. The van der Waals surface area contributed by atoms with Crippen molar-refractivity contribution in [3.63, 3.8) is 0 Å². The highest BCUT2D eigenvalue weighted by molar-refractivity contribution is 5.97. The van der Waals surface area contributed by atoms with Crippen LogP contribution in [0.3, 0.4) is 0 Å². The average Bonchev–Trinajstić information content (AvgIpc) is 2.74. The van der Waals surface area contributed by atoms with Crippen LogP contribution < -0.4 is 5.32 Å². The minimum Gasteiger partial charge on any atom is -0.507 e. The lowest BCUT2D eigenvalue weighted by molar-refractivity contribution is 0.481. The molecule has 3 heteroatoms. The number of hydrogen-bond acceptors (Lipinski definition) is 2. The summed E-state index contributed by atoms with van der Waals surface area (Å²) in [7, 11) is 0. The zero-order valence-electron chi connectivity index (χ0n) is 9.83. The summed E-state index contributed by atoms with van der Waals surface area (Å²) in [5, 5.41) is 14.3. The van der Waals surface area contributed by atoms with Crippen LogP contribution in [0, 0.1) is 0 Å². The number of phenols is 1. The van der Waals surface area contributed by atoms with E-state index in [0.29, 0.717) is 11.8 Å². The van der Waals surface area contributed by atoms with E-state index in [0.717, 1.165) is 29.4 Å². The Bertz CT molecular complexity index is 583. The van der Waals surface area contributed by atoms with E-state index in [1.807, 2.05) is 18.3 Å². The molecule has 0 saturated heterocycles. The van der Waals surface area contributed by atoms with Gasteiger partial charge >= 0.3 is 0 Å². The highest BCUT2D eigenvalue weighted by Crippen LogP contribution is 2.34. The van der Waals surface area contributed by atoms with Gasteiger partial charge in [0.1, 0.15) is 5.75 Å². The van der Waals surface area contributed by atoms with Gasteiger partial charge in [-0.2, -0.15) is 0 Å². The number of rotatable bonds is 1. The molecule has 0 saturated carbocycles. The molecule has 88 valence electrons. The predicted molar refractivity (Wildman–Crippen MR) is 70.0 cm³/mol. The van der Waals surface area contributed by atoms with E-state index in [4.69, 9.17) is 0 Å². The fourth-order valence-corrected chi connectivity index (χ4v) is 2.51. The second kappa shape index (κ2) is 3.93. The first kappa shape index (κ1) is 10.4. The summed E-state index contributed by atoms with van der Waals surface area (Å²) in [4.78, 5) is 3.22. The number of aromatic nitrogens is 1. The van der Waals surface area contributed by atoms with Gasteiger partial charge in [0.05, 0.1) is 0 Å². The maximum Gasteiger partial charge on any atom is 0.125 e. The van der Waals surface area contributed by atoms with E-state index in [2.05, 4.69) is 23.3 Å². The summed E-state index contributed by atoms with van der Waals surface area (Å²) >= 11 is 0. The van der Waals surface area contributed by atoms with Crippen molar-refractivity contribution in [2.75, 3.05) is 6.54 Å². The predicted octanol–water partition coefficient (Wildman–Crippen LogP) is 2.64. The summed E-state index contributed by atoms with van der Waals surface area (Å²) < 4.78 is 0. The lowest BCUT2D eigenvalue weighted by Crippen LogP contribution is -2.29. The van der Waals surface area contributed by atoms with Gasteiger partial charge in [-0.1, -0.05) is 12.1 Å². The van der Waals surface area contributed by atoms with Gasteiger partial charge in [-0.3, -0.25) is 0 Å². The Hall–Kier alpha value is -1.74. The van der Waals surface area contributed by atoms with Gasteiger partial charge in [-0.15, -0.1) is 0 Å². The maximum atomic E-state index is 9.97. The lowest BCUT2D eigenvalue weighted by Gasteiger charge is -2.20. The van der Waals surface area contributed by atoms with Crippen LogP contribution in [0.2, 0.25) is 0 Å². The number of phenolic OH excluding ortho intramolecular Hbond substituents is 1. The van der Waals surface area contributed by atoms with Gasteiger partial charge in [0.25, 0.3) is 0 Å². The van der Waals surface area contributed by atoms with E-state index in [1.165, 1.54) is 5.57 Å². The third kappa shape index (κ3) is 1.72. The molecule has 1 atom stereocenters. The first-order valence-corrected chi connectivity index (χ1v) is 5.97. The molecule has 0 bridgehead atoms. The molecular weight excluding hydrogens is 212 g/mol. The molecular formula is C14H16N2O.